The summed E-state index contributed by atoms with van der Waals surface area (Å²) in [5, 5.41) is 7.72. The lowest BCUT2D eigenvalue weighted by Gasteiger charge is -2.30. The largest absolute Gasteiger partial charge is 0.480 e. The maximum Gasteiger partial charge on any atom is 0.254 e. The molecule has 1 saturated heterocycles. The summed E-state index contributed by atoms with van der Waals surface area (Å²) in [7, 11) is 1.56. The smallest absolute Gasteiger partial charge is 0.254 e. The first-order valence-electron chi connectivity index (χ1n) is 9.91. The third-order valence-corrected chi connectivity index (χ3v) is 5.37. The van der Waals surface area contributed by atoms with Gasteiger partial charge in [0.2, 0.25) is 11.8 Å². The summed E-state index contributed by atoms with van der Waals surface area (Å²) < 4.78 is 39.3. The summed E-state index contributed by atoms with van der Waals surface area (Å²) in [5.74, 6) is -0.293. The zero-order valence-electron chi connectivity index (χ0n) is 16.7. The molecule has 1 saturated carbocycles. The van der Waals surface area contributed by atoms with Gasteiger partial charge in [0.25, 0.3) is 5.95 Å². The van der Waals surface area contributed by atoms with E-state index >= 15 is 0 Å². The van der Waals surface area contributed by atoms with Crippen molar-refractivity contribution in [2.24, 2.45) is 0 Å². The lowest BCUT2D eigenvalue weighted by Crippen LogP contribution is -2.37. The van der Waals surface area contributed by atoms with Crippen LogP contribution in [0.15, 0.2) is 12.1 Å². The number of hydrogen-bond donors (Lipinski definition) is 1. The van der Waals surface area contributed by atoms with Gasteiger partial charge in [-0.25, -0.2) is 8.78 Å². The fourth-order valence-electron chi connectivity index (χ4n) is 3.69. The van der Waals surface area contributed by atoms with Gasteiger partial charge in [0.15, 0.2) is 0 Å². The molecule has 0 unspecified atom stereocenters. The molecule has 0 radical (unpaired) electrons. The van der Waals surface area contributed by atoms with Crippen LogP contribution in [0, 0.1) is 6.92 Å². The number of aromatic nitrogens is 4. The molecule has 2 fully saturated rings. The van der Waals surface area contributed by atoms with E-state index in [-0.39, 0.29) is 18.9 Å². The highest BCUT2D eigenvalue weighted by atomic mass is 19.3. The SMILES string of the molecule is COc1cc(C)n(-c2nc(NC3CCC(F)(F)CC3)cc(N3CCOCC3)n2)n1. The molecule has 0 amide bonds. The molecule has 4 rings (SSSR count). The number of morpholine rings is 1. The molecule has 3 heterocycles. The predicted molar refractivity (Wildman–Crippen MR) is 104 cm³/mol. The van der Waals surface area contributed by atoms with Gasteiger partial charge >= 0.3 is 0 Å². The van der Waals surface area contributed by atoms with Crippen molar-refractivity contribution in [2.75, 3.05) is 43.6 Å². The zero-order valence-corrected chi connectivity index (χ0v) is 16.7. The Morgan fingerprint density at radius 2 is 1.90 bits per heavy atom. The Kier molecular flexibility index (Phi) is 5.53. The van der Waals surface area contributed by atoms with Crippen LogP contribution in [-0.2, 0) is 4.74 Å². The normalized spacial score (nSPS) is 19.9. The summed E-state index contributed by atoms with van der Waals surface area (Å²) in [4.78, 5) is 11.4. The van der Waals surface area contributed by atoms with Crippen molar-refractivity contribution in [3.8, 4) is 11.8 Å². The number of rotatable bonds is 5. The third-order valence-electron chi connectivity index (χ3n) is 5.37. The number of hydrogen-bond acceptors (Lipinski definition) is 7. The first-order chi connectivity index (χ1) is 13.9. The number of alkyl halides is 2. The number of nitrogens with one attached hydrogen (secondary N) is 1. The highest BCUT2D eigenvalue weighted by Crippen LogP contribution is 2.34. The molecule has 2 aromatic heterocycles. The molecular formula is C19H26F2N6O2. The van der Waals surface area contributed by atoms with Crippen molar-refractivity contribution in [1.82, 2.24) is 19.7 Å². The zero-order chi connectivity index (χ0) is 20.4. The van der Waals surface area contributed by atoms with Gasteiger partial charge in [-0.15, -0.1) is 5.10 Å². The van der Waals surface area contributed by atoms with Gasteiger partial charge in [-0.1, -0.05) is 0 Å². The van der Waals surface area contributed by atoms with Gasteiger partial charge in [0, 0.05) is 49.8 Å². The summed E-state index contributed by atoms with van der Waals surface area (Å²) >= 11 is 0. The lowest BCUT2D eigenvalue weighted by molar-refractivity contribution is -0.0361. The van der Waals surface area contributed by atoms with Crippen LogP contribution in [0.3, 0.4) is 0 Å². The average Bonchev–Trinajstić information content (AvgIpc) is 3.11. The maximum atomic E-state index is 13.5. The van der Waals surface area contributed by atoms with E-state index in [1.54, 1.807) is 17.9 Å². The van der Waals surface area contributed by atoms with Gasteiger partial charge in [-0.3, -0.25) is 0 Å². The van der Waals surface area contributed by atoms with Crippen LogP contribution >= 0.6 is 0 Å². The Morgan fingerprint density at radius 3 is 2.55 bits per heavy atom. The first kappa shape index (κ1) is 19.8. The highest BCUT2D eigenvalue weighted by molar-refractivity contribution is 5.52. The molecule has 10 heteroatoms. The monoisotopic (exact) mass is 408 g/mol. The third kappa shape index (κ3) is 4.58. The number of aryl methyl sites for hydroxylation is 1. The van der Waals surface area contributed by atoms with E-state index in [1.807, 2.05) is 13.0 Å². The molecule has 0 spiro atoms. The van der Waals surface area contributed by atoms with E-state index in [1.165, 1.54) is 0 Å². The lowest BCUT2D eigenvalue weighted by atomic mass is 9.92. The van der Waals surface area contributed by atoms with Crippen LogP contribution in [0.4, 0.5) is 20.4 Å². The molecular weight excluding hydrogens is 382 g/mol. The van der Waals surface area contributed by atoms with Crippen LogP contribution in [-0.4, -0.2) is 65.1 Å². The summed E-state index contributed by atoms with van der Waals surface area (Å²) in [6, 6.07) is 3.64. The van der Waals surface area contributed by atoms with E-state index in [9.17, 15) is 8.78 Å². The van der Waals surface area contributed by atoms with Gasteiger partial charge in [-0.2, -0.15) is 14.6 Å². The van der Waals surface area contributed by atoms with E-state index < -0.39 is 5.92 Å². The van der Waals surface area contributed by atoms with Gasteiger partial charge < -0.3 is 19.7 Å². The van der Waals surface area contributed by atoms with E-state index in [0.29, 0.717) is 43.7 Å². The van der Waals surface area contributed by atoms with Crippen molar-refractivity contribution < 1.29 is 18.3 Å². The number of anilines is 2. The molecule has 1 aliphatic carbocycles. The molecule has 29 heavy (non-hydrogen) atoms. The molecule has 1 aliphatic heterocycles. The minimum atomic E-state index is -2.56. The number of halogens is 2. The Morgan fingerprint density at radius 1 is 1.17 bits per heavy atom. The molecule has 0 aromatic carbocycles. The molecule has 0 bridgehead atoms. The van der Waals surface area contributed by atoms with Gasteiger partial charge in [0.05, 0.1) is 20.3 Å². The molecule has 2 aromatic rings. The molecule has 158 valence electrons. The standard InChI is InChI=1S/C19H26F2N6O2/c1-13-11-17(28-2)25-27(13)18-23-15(22-14-3-5-19(20,21)6-4-14)12-16(24-18)26-7-9-29-10-8-26/h11-12,14H,3-10H2,1-2H3,(H,22,23,24). The Hall–Kier alpha value is -2.49. The van der Waals surface area contributed by atoms with Crippen molar-refractivity contribution >= 4 is 11.6 Å². The summed E-state index contributed by atoms with van der Waals surface area (Å²) in [6.45, 7) is 4.62. The van der Waals surface area contributed by atoms with E-state index in [0.717, 1.165) is 24.6 Å². The fourth-order valence-corrected chi connectivity index (χ4v) is 3.69. The minimum Gasteiger partial charge on any atom is -0.480 e. The van der Waals surface area contributed by atoms with E-state index in [4.69, 9.17) is 14.5 Å². The second-order valence-corrected chi connectivity index (χ2v) is 7.53. The maximum absolute atomic E-state index is 13.5. The van der Waals surface area contributed by atoms with Crippen LogP contribution in [0.1, 0.15) is 31.4 Å². The Labute approximate surface area is 168 Å². The number of nitrogens with zero attached hydrogens (tertiary/aromatic N) is 5. The summed E-state index contributed by atoms with van der Waals surface area (Å²) in [5.41, 5.74) is 0.837. The van der Waals surface area contributed by atoms with Crippen LogP contribution in [0.2, 0.25) is 0 Å². The van der Waals surface area contributed by atoms with Crippen LogP contribution < -0.4 is 15.0 Å². The summed E-state index contributed by atoms with van der Waals surface area (Å²) in [6.07, 6.45) is 0.616. The van der Waals surface area contributed by atoms with Crippen molar-refractivity contribution in [3.63, 3.8) is 0 Å². The Balaban J connectivity index is 1.63. The van der Waals surface area contributed by atoms with Gasteiger partial charge in [0.1, 0.15) is 11.6 Å². The topological polar surface area (TPSA) is 77.3 Å². The molecule has 2 aliphatic rings. The molecule has 0 atom stereocenters. The van der Waals surface area contributed by atoms with Crippen LogP contribution in [0.25, 0.3) is 5.95 Å². The second-order valence-electron chi connectivity index (χ2n) is 7.53. The number of ether oxygens (including phenoxy) is 2. The van der Waals surface area contributed by atoms with Crippen LogP contribution in [0.5, 0.6) is 5.88 Å². The van der Waals surface area contributed by atoms with Crippen molar-refractivity contribution in [2.45, 2.75) is 44.6 Å². The second kappa shape index (κ2) is 8.10. The predicted octanol–water partition coefficient (Wildman–Crippen LogP) is 2.81. The van der Waals surface area contributed by atoms with E-state index in [2.05, 4.69) is 20.3 Å². The fraction of sp³-hybridized carbons (Fsp3) is 0.632. The Bertz CT molecular complexity index is 843. The van der Waals surface area contributed by atoms with Crippen molar-refractivity contribution in [3.05, 3.63) is 17.8 Å². The van der Waals surface area contributed by atoms with Crippen molar-refractivity contribution in [1.29, 1.82) is 0 Å². The average molecular weight is 408 g/mol. The molecule has 8 nitrogen and oxygen atoms in total. The molecule has 1 N–H and O–H groups in total. The van der Waals surface area contributed by atoms with Gasteiger partial charge in [-0.05, 0) is 19.8 Å². The number of methoxy groups -OCH3 is 1. The highest BCUT2D eigenvalue weighted by Gasteiger charge is 2.35. The minimum absolute atomic E-state index is 0.0387. The first-order valence-corrected chi connectivity index (χ1v) is 9.91. The quantitative estimate of drug-likeness (QED) is 0.815.